The monoisotopic (exact) mass is 287 g/mol. The molecule has 116 valence electrons. The standard InChI is InChI=1S/C18H29N3/c1-13-5-4-6-17(14(13)2)18(11-19)21-10-9-15-7-8-16(12-21)20(15)3/h4-6,15-16,18H,7-12,19H2,1-3H3. The third-order valence-electron chi connectivity index (χ3n) is 5.85. The molecule has 21 heavy (non-hydrogen) atoms. The van der Waals surface area contributed by atoms with Crippen molar-refractivity contribution in [2.45, 2.75) is 51.2 Å². The molecule has 2 heterocycles. The Morgan fingerprint density at radius 2 is 1.95 bits per heavy atom. The number of likely N-dealkylation sites (tertiary alicyclic amines) is 1. The number of nitrogens with two attached hydrogens (primary N) is 1. The van der Waals surface area contributed by atoms with Gasteiger partial charge in [-0.3, -0.25) is 9.80 Å². The van der Waals surface area contributed by atoms with Gasteiger partial charge in [0.25, 0.3) is 0 Å². The summed E-state index contributed by atoms with van der Waals surface area (Å²) in [5.41, 5.74) is 10.4. The van der Waals surface area contributed by atoms with Gasteiger partial charge in [0.05, 0.1) is 0 Å². The second-order valence-corrected chi connectivity index (χ2v) is 6.87. The highest BCUT2D eigenvalue weighted by Gasteiger charge is 2.36. The van der Waals surface area contributed by atoms with Crippen molar-refractivity contribution in [3.63, 3.8) is 0 Å². The van der Waals surface area contributed by atoms with Crippen LogP contribution in [0.4, 0.5) is 0 Å². The van der Waals surface area contributed by atoms with Gasteiger partial charge in [0, 0.05) is 37.8 Å². The van der Waals surface area contributed by atoms with Crippen molar-refractivity contribution in [3.8, 4) is 0 Å². The van der Waals surface area contributed by atoms with Crippen LogP contribution in [-0.2, 0) is 0 Å². The highest BCUT2D eigenvalue weighted by atomic mass is 15.3. The van der Waals surface area contributed by atoms with E-state index in [0.29, 0.717) is 12.6 Å². The lowest BCUT2D eigenvalue weighted by Gasteiger charge is -2.34. The zero-order valence-electron chi connectivity index (χ0n) is 13.7. The Kier molecular flexibility index (Phi) is 4.34. The van der Waals surface area contributed by atoms with E-state index in [1.165, 1.54) is 49.0 Å². The molecule has 0 spiro atoms. The van der Waals surface area contributed by atoms with Crippen molar-refractivity contribution in [3.05, 3.63) is 34.9 Å². The smallest absolute Gasteiger partial charge is 0.0473 e. The molecule has 2 fully saturated rings. The molecule has 0 aliphatic carbocycles. The fourth-order valence-corrected chi connectivity index (χ4v) is 4.23. The molecule has 3 rings (SSSR count). The second kappa shape index (κ2) is 6.07. The van der Waals surface area contributed by atoms with E-state index in [9.17, 15) is 0 Å². The summed E-state index contributed by atoms with van der Waals surface area (Å²) in [5.74, 6) is 0. The van der Waals surface area contributed by atoms with Crippen molar-refractivity contribution in [2.24, 2.45) is 5.73 Å². The molecule has 1 aromatic rings. The summed E-state index contributed by atoms with van der Waals surface area (Å²) >= 11 is 0. The molecule has 1 aromatic carbocycles. The molecule has 0 amide bonds. The lowest BCUT2D eigenvalue weighted by molar-refractivity contribution is 0.174. The molecule has 2 aliphatic rings. The van der Waals surface area contributed by atoms with Crippen LogP contribution < -0.4 is 5.73 Å². The Morgan fingerprint density at radius 3 is 2.71 bits per heavy atom. The Labute approximate surface area is 129 Å². The highest BCUT2D eigenvalue weighted by Crippen LogP contribution is 2.33. The number of likely N-dealkylation sites (N-methyl/N-ethyl adjacent to an activating group) is 1. The quantitative estimate of drug-likeness (QED) is 0.927. The number of nitrogens with zero attached hydrogens (tertiary/aromatic N) is 2. The van der Waals surface area contributed by atoms with Crippen molar-refractivity contribution in [1.29, 1.82) is 0 Å². The number of hydrogen-bond acceptors (Lipinski definition) is 3. The molecule has 2 bridgehead atoms. The van der Waals surface area contributed by atoms with Gasteiger partial charge in [-0.25, -0.2) is 0 Å². The summed E-state index contributed by atoms with van der Waals surface area (Å²) in [4.78, 5) is 5.25. The maximum atomic E-state index is 6.18. The lowest BCUT2D eigenvalue weighted by Crippen LogP contribution is -2.41. The molecule has 2 saturated heterocycles. The minimum absolute atomic E-state index is 0.373. The number of aryl methyl sites for hydroxylation is 1. The molecule has 2 aliphatic heterocycles. The van der Waals surface area contributed by atoms with E-state index < -0.39 is 0 Å². The highest BCUT2D eigenvalue weighted by molar-refractivity contribution is 5.35. The Bertz CT molecular complexity index is 499. The predicted molar refractivity (Wildman–Crippen MR) is 88.5 cm³/mol. The fourth-order valence-electron chi connectivity index (χ4n) is 4.23. The summed E-state index contributed by atoms with van der Waals surface area (Å²) in [5, 5.41) is 0. The summed E-state index contributed by atoms with van der Waals surface area (Å²) in [6.45, 7) is 7.50. The zero-order valence-corrected chi connectivity index (χ0v) is 13.7. The van der Waals surface area contributed by atoms with E-state index in [0.717, 1.165) is 12.1 Å². The zero-order chi connectivity index (χ0) is 15.0. The third-order valence-corrected chi connectivity index (χ3v) is 5.85. The molecule has 0 radical (unpaired) electrons. The summed E-state index contributed by atoms with van der Waals surface area (Å²) in [6, 6.07) is 8.53. The van der Waals surface area contributed by atoms with Crippen LogP contribution >= 0.6 is 0 Å². The third kappa shape index (κ3) is 2.75. The summed E-state index contributed by atoms with van der Waals surface area (Å²) < 4.78 is 0. The van der Waals surface area contributed by atoms with Crippen LogP contribution in [0.25, 0.3) is 0 Å². The molecule has 0 aromatic heterocycles. The number of rotatable bonds is 3. The van der Waals surface area contributed by atoms with Crippen LogP contribution in [0.15, 0.2) is 18.2 Å². The largest absolute Gasteiger partial charge is 0.329 e. The number of fused-ring (bicyclic) bond motifs is 2. The molecular formula is C18H29N3. The van der Waals surface area contributed by atoms with Gasteiger partial charge in [0.2, 0.25) is 0 Å². The van der Waals surface area contributed by atoms with Crippen molar-refractivity contribution in [1.82, 2.24) is 9.80 Å². The van der Waals surface area contributed by atoms with E-state index in [1.54, 1.807) is 0 Å². The minimum Gasteiger partial charge on any atom is -0.329 e. The first kappa shape index (κ1) is 15.0. The first-order chi connectivity index (χ1) is 10.1. The molecule has 2 N–H and O–H groups in total. The van der Waals surface area contributed by atoms with Crippen molar-refractivity contribution < 1.29 is 0 Å². The van der Waals surface area contributed by atoms with Gasteiger partial charge < -0.3 is 5.73 Å². The Hall–Kier alpha value is -0.900. The second-order valence-electron chi connectivity index (χ2n) is 6.87. The molecular weight excluding hydrogens is 258 g/mol. The average Bonchev–Trinajstić information content (AvgIpc) is 2.71. The predicted octanol–water partition coefficient (Wildman–Crippen LogP) is 2.47. The van der Waals surface area contributed by atoms with Gasteiger partial charge in [-0.1, -0.05) is 18.2 Å². The van der Waals surface area contributed by atoms with E-state index in [2.05, 4.69) is 48.9 Å². The first-order valence-corrected chi connectivity index (χ1v) is 8.34. The average molecular weight is 287 g/mol. The van der Waals surface area contributed by atoms with Gasteiger partial charge >= 0.3 is 0 Å². The summed E-state index contributed by atoms with van der Waals surface area (Å²) in [7, 11) is 2.31. The maximum absolute atomic E-state index is 6.18. The number of benzene rings is 1. The topological polar surface area (TPSA) is 32.5 Å². The molecule has 3 nitrogen and oxygen atoms in total. The molecule has 0 saturated carbocycles. The van der Waals surface area contributed by atoms with E-state index in [1.807, 2.05) is 0 Å². The van der Waals surface area contributed by atoms with Gasteiger partial charge in [-0.2, -0.15) is 0 Å². The fraction of sp³-hybridized carbons (Fsp3) is 0.667. The van der Waals surface area contributed by atoms with Crippen LogP contribution in [0, 0.1) is 13.8 Å². The van der Waals surface area contributed by atoms with Crippen molar-refractivity contribution >= 4 is 0 Å². The summed E-state index contributed by atoms with van der Waals surface area (Å²) in [6.07, 6.45) is 4.02. The van der Waals surface area contributed by atoms with Crippen LogP contribution in [0.1, 0.15) is 42.0 Å². The maximum Gasteiger partial charge on any atom is 0.0473 e. The Morgan fingerprint density at radius 1 is 1.19 bits per heavy atom. The molecule has 3 unspecified atom stereocenters. The van der Waals surface area contributed by atoms with Crippen LogP contribution in [0.3, 0.4) is 0 Å². The van der Waals surface area contributed by atoms with Gasteiger partial charge in [-0.05, 0) is 56.8 Å². The first-order valence-electron chi connectivity index (χ1n) is 8.34. The van der Waals surface area contributed by atoms with Crippen LogP contribution in [0.5, 0.6) is 0 Å². The van der Waals surface area contributed by atoms with E-state index in [-0.39, 0.29) is 0 Å². The normalized spacial score (nSPS) is 28.6. The van der Waals surface area contributed by atoms with Gasteiger partial charge in [-0.15, -0.1) is 0 Å². The van der Waals surface area contributed by atoms with Crippen LogP contribution in [-0.4, -0.2) is 48.6 Å². The van der Waals surface area contributed by atoms with Crippen LogP contribution in [0.2, 0.25) is 0 Å². The minimum atomic E-state index is 0.373. The van der Waals surface area contributed by atoms with Crippen molar-refractivity contribution in [2.75, 3.05) is 26.7 Å². The SMILES string of the molecule is Cc1cccc(C(CN)N2CCC3CCC(C2)N3C)c1C. The Balaban J connectivity index is 1.85. The van der Waals surface area contributed by atoms with E-state index >= 15 is 0 Å². The van der Waals surface area contributed by atoms with E-state index in [4.69, 9.17) is 5.73 Å². The van der Waals surface area contributed by atoms with Gasteiger partial charge in [0.15, 0.2) is 0 Å². The molecule has 3 atom stereocenters. The van der Waals surface area contributed by atoms with Gasteiger partial charge in [0.1, 0.15) is 0 Å². The lowest BCUT2D eigenvalue weighted by atomic mass is 9.95. The number of hydrogen-bond donors (Lipinski definition) is 1. The molecule has 3 heteroatoms.